The van der Waals surface area contributed by atoms with E-state index >= 15 is 0 Å². The first-order valence-corrected chi connectivity index (χ1v) is 7.87. The van der Waals surface area contributed by atoms with Crippen molar-refractivity contribution < 1.29 is 8.42 Å². The Bertz CT molecular complexity index is 584. The molecule has 18 heavy (non-hydrogen) atoms. The van der Waals surface area contributed by atoms with E-state index in [2.05, 4.69) is 5.32 Å². The van der Waals surface area contributed by atoms with Crippen LogP contribution in [0.15, 0.2) is 16.3 Å². The molecule has 1 saturated heterocycles. The van der Waals surface area contributed by atoms with Crippen LogP contribution in [0.1, 0.15) is 18.7 Å². The topological polar surface area (TPSA) is 73.2 Å². The van der Waals surface area contributed by atoms with Gasteiger partial charge in [-0.15, -0.1) is 11.3 Å². The Morgan fingerprint density at radius 2 is 2.22 bits per heavy atom. The molecule has 2 rings (SSSR count). The van der Waals surface area contributed by atoms with Gasteiger partial charge in [0.15, 0.2) is 0 Å². The summed E-state index contributed by atoms with van der Waals surface area (Å²) in [6, 6.07) is 5.03. The predicted molar refractivity (Wildman–Crippen MR) is 69.9 cm³/mol. The van der Waals surface area contributed by atoms with Crippen molar-refractivity contribution in [2.75, 3.05) is 19.6 Å². The Kier molecular flexibility index (Phi) is 3.47. The highest BCUT2D eigenvalue weighted by Crippen LogP contribution is 2.29. The summed E-state index contributed by atoms with van der Waals surface area (Å²) in [6.07, 6.45) is 0. The monoisotopic (exact) mass is 285 g/mol. The minimum atomic E-state index is -3.50. The van der Waals surface area contributed by atoms with Crippen LogP contribution in [-0.2, 0) is 10.0 Å². The zero-order chi connectivity index (χ0) is 13.4. The van der Waals surface area contributed by atoms with E-state index in [9.17, 15) is 8.42 Å². The lowest BCUT2D eigenvalue weighted by atomic mass is 10.0. The molecule has 0 unspecified atom stereocenters. The molecule has 0 saturated carbocycles. The standard InChI is InChI=1S/C11H15N3O2S2/c1-11(2)8-13-5-6-14(11)18(15,16)10-4-3-9(7-12)17-10/h3-4,13H,5-6,8H2,1-2H3. The van der Waals surface area contributed by atoms with Crippen molar-refractivity contribution in [3.8, 4) is 6.07 Å². The summed E-state index contributed by atoms with van der Waals surface area (Å²) >= 11 is 1.02. The Hall–Kier alpha value is -0.940. The molecule has 0 bridgehead atoms. The van der Waals surface area contributed by atoms with Gasteiger partial charge < -0.3 is 5.32 Å². The number of thiophene rings is 1. The first kappa shape index (κ1) is 13.5. The molecular weight excluding hydrogens is 270 g/mol. The third-order valence-electron chi connectivity index (χ3n) is 2.96. The normalized spacial score (nSPS) is 20.5. The summed E-state index contributed by atoms with van der Waals surface area (Å²) in [7, 11) is -3.50. The third-order valence-corrected chi connectivity index (χ3v) is 6.53. The lowest BCUT2D eigenvalue weighted by Crippen LogP contribution is -2.59. The van der Waals surface area contributed by atoms with E-state index in [4.69, 9.17) is 5.26 Å². The van der Waals surface area contributed by atoms with E-state index in [-0.39, 0.29) is 4.21 Å². The first-order valence-electron chi connectivity index (χ1n) is 5.61. The van der Waals surface area contributed by atoms with Crippen molar-refractivity contribution >= 4 is 21.4 Å². The van der Waals surface area contributed by atoms with Crippen LogP contribution in [0.25, 0.3) is 0 Å². The summed E-state index contributed by atoms with van der Waals surface area (Å²) in [4.78, 5) is 0.418. The van der Waals surface area contributed by atoms with Crippen LogP contribution in [0.5, 0.6) is 0 Å². The molecule has 2 heterocycles. The highest BCUT2D eigenvalue weighted by Gasteiger charge is 2.39. The van der Waals surface area contributed by atoms with E-state index in [1.807, 2.05) is 19.9 Å². The van der Waals surface area contributed by atoms with Gasteiger partial charge in [-0.05, 0) is 26.0 Å². The highest BCUT2D eigenvalue weighted by atomic mass is 32.2. The molecule has 1 aromatic heterocycles. The van der Waals surface area contributed by atoms with Gasteiger partial charge in [-0.1, -0.05) is 0 Å². The minimum absolute atomic E-state index is 0.244. The predicted octanol–water partition coefficient (Wildman–Crippen LogP) is 0.992. The van der Waals surface area contributed by atoms with Gasteiger partial charge in [-0.3, -0.25) is 0 Å². The molecule has 1 aliphatic heterocycles. The van der Waals surface area contributed by atoms with Crippen molar-refractivity contribution in [2.45, 2.75) is 23.6 Å². The molecule has 5 nitrogen and oxygen atoms in total. The first-order chi connectivity index (χ1) is 8.38. The van der Waals surface area contributed by atoms with E-state index in [1.165, 1.54) is 10.4 Å². The summed E-state index contributed by atoms with van der Waals surface area (Å²) in [6.45, 7) is 5.53. The van der Waals surface area contributed by atoms with E-state index < -0.39 is 15.6 Å². The van der Waals surface area contributed by atoms with E-state index in [0.29, 0.717) is 24.5 Å². The number of rotatable bonds is 2. The van der Waals surface area contributed by atoms with Crippen molar-refractivity contribution in [1.29, 1.82) is 5.26 Å². The fourth-order valence-electron chi connectivity index (χ4n) is 2.04. The van der Waals surface area contributed by atoms with Crippen LogP contribution in [0.2, 0.25) is 0 Å². The number of piperazine rings is 1. The summed E-state index contributed by atoms with van der Waals surface area (Å²) < 4.78 is 26.8. The lowest BCUT2D eigenvalue weighted by Gasteiger charge is -2.41. The smallest absolute Gasteiger partial charge is 0.253 e. The van der Waals surface area contributed by atoms with Gasteiger partial charge in [0.2, 0.25) is 0 Å². The number of nitrogens with zero attached hydrogens (tertiary/aromatic N) is 2. The number of nitriles is 1. The maximum absolute atomic E-state index is 12.5. The van der Waals surface area contributed by atoms with Gasteiger partial charge in [-0.2, -0.15) is 9.57 Å². The largest absolute Gasteiger partial charge is 0.314 e. The highest BCUT2D eigenvalue weighted by molar-refractivity contribution is 7.91. The molecule has 0 aliphatic carbocycles. The average Bonchev–Trinajstić information content (AvgIpc) is 2.77. The molecule has 1 N–H and O–H groups in total. The Morgan fingerprint density at radius 3 is 2.78 bits per heavy atom. The Balaban J connectivity index is 2.39. The molecule has 98 valence electrons. The third kappa shape index (κ3) is 2.29. The number of hydrogen-bond donors (Lipinski definition) is 1. The van der Waals surface area contributed by atoms with Gasteiger partial charge in [-0.25, -0.2) is 8.42 Å². The second-order valence-corrected chi connectivity index (χ2v) is 7.97. The summed E-state index contributed by atoms with van der Waals surface area (Å²) in [5.74, 6) is 0. The van der Waals surface area contributed by atoms with Gasteiger partial charge in [0.25, 0.3) is 10.0 Å². The molecule has 0 radical (unpaired) electrons. The number of nitrogens with one attached hydrogen (secondary N) is 1. The van der Waals surface area contributed by atoms with Crippen molar-refractivity contribution in [1.82, 2.24) is 9.62 Å². The van der Waals surface area contributed by atoms with Gasteiger partial charge in [0, 0.05) is 25.2 Å². The van der Waals surface area contributed by atoms with Crippen molar-refractivity contribution in [3.63, 3.8) is 0 Å². The van der Waals surface area contributed by atoms with Gasteiger partial charge >= 0.3 is 0 Å². The lowest BCUT2D eigenvalue weighted by molar-refractivity contribution is 0.186. The number of sulfonamides is 1. The molecule has 7 heteroatoms. The molecule has 0 atom stereocenters. The van der Waals surface area contributed by atoms with Crippen LogP contribution in [0.4, 0.5) is 0 Å². The molecular formula is C11H15N3O2S2. The molecule has 1 aromatic rings. The second kappa shape index (κ2) is 4.63. The molecule has 1 aliphatic rings. The fraction of sp³-hybridized carbons (Fsp3) is 0.545. The SMILES string of the molecule is CC1(C)CNCCN1S(=O)(=O)c1ccc(C#N)s1. The molecule has 0 spiro atoms. The van der Waals surface area contributed by atoms with Gasteiger partial charge in [0.05, 0.1) is 0 Å². The van der Waals surface area contributed by atoms with Crippen LogP contribution in [-0.4, -0.2) is 37.9 Å². The maximum Gasteiger partial charge on any atom is 0.253 e. The van der Waals surface area contributed by atoms with E-state index in [0.717, 1.165) is 11.3 Å². The number of hydrogen-bond acceptors (Lipinski definition) is 5. The fourth-order valence-corrected chi connectivity index (χ4v) is 5.04. The average molecular weight is 285 g/mol. The molecule has 0 amide bonds. The maximum atomic E-state index is 12.5. The molecule has 0 aromatic carbocycles. The van der Waals surface area contributed by atoms with Crippen LogP contribution in [0.3, 0.4) is 0 Å². The van der Waals surface area contributed by atoms with E-state index in [1.54, 1.807) is 6.07 Å². The van der Waals surface area contributed by atoms with Crippen molar-refractivity contribution in [3.05, 3.63) is 17.0 Å². The summed E-state index contributed by atoms with van der Waals surface area (Å²) in [5.41, 5.74) is -0.451. The van der Waals surface area contributed by atoms with Gasteiger partial charge in [0.1, 0.15) is 15.2 Å². The zero-order valence-electron chi connectivity index (χ0n) is 10.3. The quantitative estimate of drug-likeness (QED) is 0.879. The summed E-state index contributed by atoms with van der Waals surface area (Å²) in [5, 5.41) is 12.0. The Morgan fingerprint density at radius 1 is 1.50 bits per heavy atom. The molecule has 1 fully saturated rings. The van der Waals surface area contributed by atoms with Crippen LogP contribution < -0.4 is 5.32 Å². The van der Waals surface area contributed by atoms with Crippen LogP contribution in [0, 0.1) is 11.3 Å². The minimum Gasteiger partial charge on any atom is -0.314 e. The Labute approximate surface area is 111 Å². The van der Waals surface area contributed by atoms with Crippen molar-refractivity contribution in [2.24, 2.45) is 0 Å². The van der Waals surface area contributed by atoms with Crippen LogP contribution >= 0.6 is 11.3 Å². The zero-order valence-corrected chi connectivity index (χ0v) is 11.9. The second-order valence-electron chi connectivity index (χ2n) is 4.80.